The van der Waals surface area contributed by atoms with Gasteiger partial charge in [-0.1, -0.05) is 0 Å². The summed E-state index contributed by atoms with van der Waals surface area (Å²) < 4.78 is 5.02. The maximum absolute atomic E-state index is 11.6. The lowest BCUT2D eigenvalue weighted by molar-refractivity contribution is -0.137. The zero-order valence-electron chi connectivity index (χ0n) is 13.3. The van der Waals surface area contributed by atoms with E-state index in [9.17, 15) is 9.59 Å². The quantitative estimate of drug-likeness (QED) is 0.752. The number of carboxylic acid groups (broad SMARTS) is 1. The minimum atomic E-state index is -0.830. The van der Waals surface area contributed by atoms with Crippen molar-refractivity contribution in [3.63, 3.8) is 0 Å². The molecule has 0 aromatic heterocycles. The maximum Gasteiger partial charge on any atom is 0.411 e. The molecule has 6 nitrogen and oxygen atoms in total. The summed E-state index contributed by atoms with van der Waals surface area (Å²) >= 11 is 0. The van der Waals surface area contributed by atoms with E-state index >= 15 is 0 Å². The Labute approximate surface area is 136 Å². The van der Waals surface area contributed by atoms with Gasteiger partial charge in [0.2, 0.25) is 0 Å². The van der Waals surface area contributed by atoms with Crippen LogP contribution in [0.1, 0.15) is 38.5 Å². The smallest absolute Gasteiger partial charge is 0.411 e. The van der Waals surface area contributed by atoms with Crippen LogP contribution in [0.25, 0.3) is 0 Å². The third kappa shape index (κ3) is 6.18. The summed E-state index contributed by atoms with van der Waals surface area (Å²) in [6, 6.07) is 7.76. The van der Waals surface area contributed by atoms with Gasteiger partial charge in [-0.15, -0.1) is 0 Å². The molecule has 0 spiro atoms. The SMILES string of the molecule is O=C(O)CCCCOC(=O)Nc1ccc(N2CCCCC2)cc1. The second-order valence-corrected chi connectivity index (χ2v) is 5.71. The molecule has 1 aromatic carbocycles. The summed E-state index contributed by atoms with van der Waals surface area (Å²) in [6.07, 6.45) is 4.41. The van der Waals surface area contributed by atoms with Crippen LogP contribution >= 0.6 is 0 Å². The fraction of sp³-hybridized carbons (Fsp3) is 0.529. The first kappa shape index (κ1) is 17.1. The van der Waals surface area contributed by atoms with Crippen LogP contribution in [0.5, 0.6) is 0 Å². The molecule has 1 fully saturated rings. The molecule has 0 unspecified atom stereocenters. The Bertz CT molecular complexity index is 510. The van der Waals surface area contributed by atoms with Crippen LogP contribution in [-0.4, -0.2) is 36.9 Å². The normalized spacial score (nSPS) is 14.3. The third-order valence-corrected chi connectivity index (χ3v) is 3.85. The highest BCUT2D eigenvalue weighted by molar-refractivity contribution is 5.84. The number of unbranched alkanes of at least 4 members (excludes halogenated alkanes) is 1. The molecule has 1 amide bonds. The standard InChI is InChI=1S/C17H24N2O4/c20-16(21)6-2-5-13-23-17(22)18-14-7-9-15(10-8-14)19-11-3-1-4-12-19/h7-10H,1-6,11-13H2,(H,18,22)(H,20,21). The van der Waals surface area contributed by atoms with Crippen molar-refractivity contribution < 1.29 is 19.4 Å². The first-order valence-corrected chi connectivity index (χ1v) is 8.16. The van der Waals surface area contributed by atoms with Crippen molar-refractivity contribution in [3.05, 3.63) is 24.3 Å². The molecule has 23 heavy (non-hydrogen) atoms. The molecule has 0 saturated carbocycles. The molecule has 1 aromatic rings. The van der Waals surface area contributed by atoms with Gasteiger partial charge < -0.3 is 14.7 Å². The summed E-state index contributed by atoms with van der Waals surface area (Å²) in [5, 5.41) is 11.2. The molecule has 1 aliphatic heterocycles. The number of hydrogen-bond acceptors (Lipinski definition) is 4. The second kappa shape index (κ2) is 9.02. The molecular weight excluding hydrogens is 296 g/mol. The number of benzene rings is 1. The van der Waals surface area contributed by atoms with Gasteiger partial charge in [0.05, 0.1) is 6.61 Å². The highest BCUT2D eigenvalue weighted by Gasteiger charge is 2.11. The van der Waals surface area contributed by atoms with Crippen molar-refractivity contribution in [1.29, 1.82) is 0 Å². The fourth-order valence-electron chi connectivity index (χ4n) is 2.60. The predicted molar refractivity (Wildman–Crippen MR) is 89.0 cm³/mol. The topological polar surface area (TPSA) is 78.9 Å². The molecular formula is C17H24N2O4. The van der Waals surface area contributed by atoms with Gasteiger partial charge in [0.25, 0.3) is 0 Å². The third-order valence-electron chi connectivity index (χ3n) is 3.85. The van der Waals surface area contributed by atoms with Gasteiger partial charge in [0, 0.05) is 30.9 Å². The van der Waals surface area contributed by atoms with Crippen LogP contribution in [-0.2, 0) is 9.53 Å². The van der Waals surface area contributed by atoms with Crippen molar-refractivity contribution in [3.8, 4) is 0 Å². The number of nitrogens with one attached hydrogen (secondary N) is 1. The number of carbonyl (C=O) groups is 2. The average molecular weight is 320 g/mol. The van der Waals surface area contributed by atoms with Gasteiger partial charge >= 0.3 is 12.1 Å². The van der Waals surface area contributed by atoms with E-state index in [4.69, 9.17) is 9.84 Å². The van der Waals surface area contributed by atoms with Crippen LogP contribution in [0.15, 0.2) is 24.3 Å². The molecule has 1 aliphatic rings. The Kier molecular flexibility index (Phi) is 6.72. The van der Waals surface area contributed by atoms with Crippen molar-refractivity contribution in [2.45, 2.75) is 38.5 Å². The molecule has 6 heteroatoms. The molecule has 0 aliphatic carbocycles. The number of amides is 1. The summed E-state index contributed by atoms with van der Waals surface area (Å²) in [5.41, 5.74) is 1.87. The highest BCUT2D eigenvalue weighted by Crippen LogP contribution is 2.21. The van der Waals surface area contributed by atoms with Crippen LogP contribution in [0, 0.1) is 0 Å². The number of piperidine rings is 1. The largest absolute Gasteiger partial charge is 0.481 e. The second-order valence-electron chi connectivity index (χ2n) is 5.71. The molecule has 1 saturated heterocycles. The van der Waals surface area contributed by atoms with Gasteiger partial charge in [-0.2, -0.15) is 0 Å². The van der Waals surface area contributed by atoms with E-state index in [1.807, 2.05) is 24.3 Å². The molecule has 0 bridgehead atoms. The van der Waals surface area contributed by atoms with Gasteiger partial charge in [-0.25, -0.2) is 4.79 Å². The number of hydrogen-bond donors (Lipinski definition) is 2. The van der Waals surface area contributed by atoms with E-state index in [-0.39, 0.29) is 13.0 Å². The van der Waals surface area contributed by atoms with Gasteiger partial charge in [0.1, 0.15) is 0 Å². The van der Waals surface area contributed by atoms with E-state index < -0.39 is 12.1 Å². The van der Waals surface area contributed by atoms with E-state index in [1.54, 1.807) is 0 Å². The minimum absolute atomic E-state index is 0.100. The van der Waals surface area contributed by atoms with E-state index in [0.29, 0.717) is 18.5 Å². The van der Waals surface area contributed by atoms with Crippen molar-refractivity contribution in [2.24, 2.45) is 0 Å². The number of rotatable bonds is 7. The first-order chi connectivity index (χ1) is 11.1. The van der Waals surface area contributed by atoms with E-state index in [2.05, 4.69) is 10.2 Å². The van der Waals surface area contributed by atoms with Gasteiger partial charge in [-0.3, -0.25) is 10.1 Å². The minimum Gasteiger partial charge on any atom is -0.481 e. The lowest BCUT2D eigenvalue weighted by Gasteiger charge is -2.28. The zero-order valence-corrected chi connectivity index (χ0v) is 13.3. The number of carboxylic acids is 1. The Morgan fingerprint density at radius 3 is 2.43 bits per heavy atom. The van der Waals surface area contributed by atoms with Crippen LogP contribution in [0.4, 0.5) is 16.2 Å². The summed E-state index contributed by atoms with van der Waals surface area (Å²) in [7, 11) is 0. The lowest BCUT2D eigenvalue weighted by Crippen LogP contribution is -2.29. The molecule has 2 rings (SSSR count). The average Bonchev–Trinajstić information content (AvgIpc) is 2.56. The van der Waals surface area contributed by atoms with E-state index in [0.717, 1.165) is 13.1 Å². The summed E-state index contributed by atoms with van der Waals surface area (Å²) in [6.45, 7) is 2.40. The number of carbonyl (C=O) groups excluding carboxylic acids is 1. The maximum atomic E-state index is 11.6. The summed E-state index contributed by atoms with van der Waals surface area (Å²) in [4.78, 5) is 24.3. The van der Waals surface area contributed by atoms with E-state index in [1.165, 1.54) is 24.9 Å². The Hall–Kier alpha value is -2.24. The Balaban J connectivity index is 1.70. The lowest BCUT2D eigenvalue weighted by atomic mass is 10.1. The monoisotopic (exact) mass is 320 g/mol. The molecule has 0 radical (unpaired) electrons. The first-order valence-electron chi connectivity index (χ1n) is 8.16. The zero-order chi connectivity index (χ0) is 16.5. The van der Waals surface area contributed by atoms with Crippen molar-refractivity contribution >= 4 is 23.4 Å². The van der Waals surface area contributed by atoms with Crippen LogP contribution in [0.3, 0.4) is 0 Å². The number of anilines is 2. The predicted octanol–water partition coefficient (Wildman–Crippen LogP) is 3.48. The molecule has 1 heterocycles. The van der Waals surface area contributed by atoms with Crippen molar-refractivity contribution in [1.82, 2.24) is 0 Å². The summed E-state index contributed by atoms with van der Waals surface area (Å²) in [5.74, 6) is -0.830. The van der Waals surface area contributed by atoms with Gasteiger partial charge in [0.15, 0.2) is 0 Å². The number of nitrogens with zero attached hydrogens (tertiary/aromatic N) is 1. The van der Waals surface area contributed by atoms with Gasteiger partial charge in [-0.05, 0) is 56.4 Å². The fourth-order valence-corrected chi connectivity index (χ4v) is 2.60. The number of ether oxygens (including phenoxy) is 1. The van der Waals surface area contributed by atoms with Crippen molar-refractivity contribution in [2.75, 3.05) is 29.9 Å². The molecule has 0 atom stereocenters. The number of aliphatic carboxylic acids is 1. The highest BCUT2D eigenvalue weighted by atomic mass is 16.5. The van der Waals surface area contributed by atoms with Crippen LogP contribution < -0.4 is 10.2 Å². The molecule has 126 valence electrons. The van der Waals surface area contributed by atoms with Crippen LogP contribution in [0.2, 0.25) is 0 Å². The molecule has 2 N–H and O–H groups in total. The Morgan fingerprint density at radius 1 is 1.09 bits per heavy atom. The Morgan fingerprint density at radius 2 is 1.78 bits per heavy atom.